The Hall–Kier alpha value is -1.53. The number of likely N-dealkylation sites (N-methyl/N-ethyl adjacent to an activating group) is 1. The second kappa shape index (κ2) is 7.47. The summed E-state index contributed by atoms with van der Waals surface area (Å²) in [5.74, 6) is 0.519. The van der Waals surface area contributed by atoms with Crippen LogP contribution in [0.5, 0.6) is 5.75 Å². The number of anilines is 1. The molecule has 0 spiro atoms. The molecule has 112 valence electrons. The topological polar surface area (TPSA) is 50.4 Å². The minimum Gasteiger partial charge on any atom is -0.484 e. The van der Waals surface area contributed by atoms with Crippen LogP contribution in [0.1, 0.15) is 17.8 Å². The lowest BCUT2D eigenvalue weighted by Gasteiger charge is -2.15. The summed E-state index contributed by atoms with van der Waals surface area (Å²) in [5, 5.41) is 8.01. The van der Waals surface area contributed by atoms with E-state index in [1.165, 1.54) is 4.88 Å². The first-order valence-corrected chi connectivity index (χ1v) is 8.20. The maximum atomic E-state index is 11.2. The van der Waals surface area contributed by atoms with Gasteiger partial charge in [-0.05, 0) is 46.4 Å². The Morgan fingerprint density at radius 1 is 1.43 bits per heavy atom. The summed E-state index contributed by atoms with van der Waals surface area (Å²) < 4.78 is 6.55. The van der Waals surface area contributed by atoms with Crippen molar-refractivity contribution in [3.05, 3.63) is 45.1 Å². The van der Waals surface area contributed by atoms with Crippen LogP contribution in [0.15, 0.2) is 40.2 Å². The molecule has 2 aromatic rings. The fourth-order valence-corrected chi connectivity index (χ4v) is 3.55. The number of carbonyl (C=O) groups is 1. The Balaban J connectivity index is 2.01. The summed E-state index contributed by atoms with van der Waals surface area (Å²) in [6.45, 7) is 2.13. The summed E-state index contributed by atoms with van der Waals surface area (Å²) in [7, 11) is 1.59. The number of hydrogen-bond acceptors (Lipinski definition) is 4. The minimum atomic E-state index is -0.149. The fraction of sp³-hybridized carbons (Fsp3) is 0.267. The van der Waals surface area contributed by atoms with E-state index in [1.807, 2.05) is 30.3 Å². The maximum absolute atomic E-state index is 11.2. The van der Waals surface area contributed by atoms with Crippen LogP contribution in [0, 0.1) is 0 Å². The SMILES string of the molecule is CNC(=O)COc1cccc(NC(C)c2sccc2Br)c1. The van der Waals surface area contributed by atoms with Crippen LogP contribution in [0.3, 0.4) is 0 Å². The van der Waals surface area contributed by atoms with E-state index in [1.54, 1.807) is 18.4 Å². The summed E-state index contributed by atoms with van der Waals surface area (Å²) in [6.07, 6.45) is 0. The van der Waals surface area contributed by atoms with E-state index in [4.69, 9.17) is 4.74 Å². The molecule has 6 heteroatoms. The standard InChI is InChI=1S/C15H17BrN2O2S/c1-10(15-13(16)6-7-21-15)18-11-4-3-5-12(8-11)20-9-14(19)17-2/h3-8,10,18H,9H2,1-2H3,(H,17,19). The molecule has 2 rings (SSSR count). The molecule has 1 unspecified atom stereocenters. The van der Waals surface area contributed by atoms with Gasteiger partial charge in [0.15, 0.2) is 6.61 Å². The van der Waals surface area contributed by atoms with Gasteiger partial charge >= 0.3 is 0 Å². The average molecular weight is 369 g/mol. The van der Waals surface area contributed by atoms with Crippen molar-refractivity contribution in [3.8, 4) is 5.75 Å². The van der Waals surface area contributed by atoms with Crippen LogP contribution in [-0.4, -0.2) is 19.6 Å². The highest BCUT2D eigenvalue weighted by atomic mass is 79.9. The molecule has 0 saturated heterocycles. The molecule has 0 aliphatic rings. The van der Waals surface area contributed by atoms with Gasteiger partial charge in [0.25, 0.3) is 5.91 Å². The molecule has 1 amide bonds. The maximum Gasteiger partial charge on any atom is 0.257 e. The van der Waals surface area contributed by atoms with Gasteiger partial charge < -0.3 is 15.4 Å². The van der Waals surface area contributed by atoms with Gasteiger partial charge in [-0.2, -0.15) is 0 Å². The highest BCUT2D eigenvalue weighted by molar-refractivity contribution is 9.10. The van der Waals surface area contributed by atoms with Crippen LogP contribution >= 0.6 is 27.3 Å². The average Bonchev–Trinajstić information content (AvgIpc) is 2.91. The van der Waals surface area contributed by atoms with E-state index in [2.05, 4.69) is 38.9 Å². The lowest BCUT2D eigenvalue weighted by molar-refractivity contribution is -0.122. The molecule has 0 saturated carbocycles. The third-order valence-electron chi connectivity index (χ3n) is 2.90. The molecule has 2 N–H and O–H groups in total. The number of nitrogens with one attached hydrogen (secondary N) is 2. The highest BCUT2D eigenvalue weighted by Gasteiger charge is 2.11. The van der Waals surface area contributed by atoms with Gasteiger partial charge in [-0.25, -0.2) is 0 Å². The second-order valence-corrected chi connectivity index (χ2v) is 6.29. The number of rotatable bonds is 6. The van der Waals surface area contributed by atoms with Gasteiger partial charge in [-0.15, -0.1) is 11.3 Å². The predicted molar refractivity (Wildman–Crippen MR) is 90.1 cm³/mol. The first-order chi connectivity index (χ1) is 10.1. The van der Waals surface area contributed by atoms with E-state index >= 15 is 0 Å². The third kappa shape index (κ3) is 4.47. The lowest BCUT2D eigenvalue weighted by Crippen LogP contribution is -2.24. The first kappa shape index (κ1) is 15.9. The van der Waals surface area contributed by atoms with Crippen LogP contribution < -0.4 is 15.4 Å². The molecule has 0 radical (unpaired) electrons. The summed E-state index contributed by atoms with van der Waals surface area (Å²) >= 11 is 5.25. The van der Waals surface area contributed by atoms with Crippen molar-refractivity contribution >= 4 is 38.9 Å². The Bertz CT molecular complexity index is 615. The molecule has 0 bridgehead atoms. The van der Waals surface area contributed by atoms with Gasteiger partial charge in [-0.1, -0.05) is 6.07 Å². The summed E-state index contributed by atoms with van der Waals surface area (Å²) in [6, 6.07) is 9.83. The van der Waals surface area contributed by atoms with E-state index in [0.29, 0.717) is 5.75 Å². The van der Waals surface area contributed by atoms with Crippen molar-refractivity contribution in [2.24, 2.45) is 0 Å². The van der Waals surface area contributed by atoms with E-state index < -0.39 is 0 Å². The molecular formula is C15H17BrN2O2S. The Morgan fingerprint density at radius 2 is 2.24 bits per heavy atom. The zero-order valence-electron chi connectivity index (χ0n) is 11.9. The molecule has 0 fully saturated rings. The van der Waals surface area contributed by atoms with Crippen molar-refractivity contribution in [1.82, 2.24) is 5.32 Å². The second-order valence-electron chi connectivity index (χ2n) is 4.49. The van der Waals surface area contributed by atoms with Gasteiger partial charge in [0.05, 0.1) is 6.04 Å². The zero-order valence-corrected chi connectivity index (χ0v) is 14.3. The zero-order chi connectivity index (χ0) is 15.2. The van der Waals surface area contributed by atoms with Gasteiger partial charge in [0.2, 0.25) is 0 Å². The number of carbonyl (C=O) groups excluding carboxylic acids is 1. The monoisotopic (exact) mass is 368 g/mol. The van der Waals surface area contributed by atoms with Gasteiger partial charge in [0.1, 0.15) is 5.75 Å². The third-order valence-corrected chi connectivity index (χ3v) is 4.96. The molecule has 1 aromatic carbocycles. The Labute approximate surface area is 136 Å². The molecule has 0 aliphatic carbocycles. The van der Waals surface area contributed by atoms with Crippen molar-refractivity contribution in [1.29, 1.82) is 0 Å². The molecule has 1 heterocycles. The Morgan fingerprint density at radius 3 is 2.90 bits per heavy atom. The summed E-state index contributed by atoms with van der Waals surface area (Å²) in [5.41, 5.74) is 0.956. The number of ether oxygens (including phenoxy) is 1. The molecule has 1 atom stereocenters. The normalized spacial score (nSPS) is 11.8. The van der Waals surface area contributed by atoms with Crippen molar-refractivity contribution in [3.63, 3.8) is 0 Å². The van der Waals surface area contributed by atoms with Crippen molar-refractivity contribution < 1.29 is 9.53 Å². The molecule has 4 nitrogen and oxygen atoms in total. The number of amides is 1. The van der Waals surface area contributed by atoms with E-state index in [0.717, 1.165) is 10.2 Å². The van der Waals surface area contributed by atoms with Gasteiger partial charge in [-0.3, -0.25) is 4.79 Å². The van der Waals surface area contributed by atoms with E-state index in [-0.39, 0.29) is 18.6 Å². The van der Waals surface area contributed by atoms with E-state index in [9.17, 15) is 4.79 Å². The highest BCUT2D eigenvalue weighted by Crippen LogP contribution is 2.31. The van der Waals surface area contributed by atoms with Crippen molar-refractivity contribution in [2.45, 2.75) is 13.0 Å². The van der Waals surface area contributed by atoms with Crippen LogP contribution in [0.25, 0.3) is 0 Å². The van der Waals surface area contributed by atoms with Gasteiger partial charge in [0, 0.05) is 28.2 Å². The largest absolute Gasteiger partial charge is 0.484 e. The molecule has 1 aromatic heterocycles. The van der Waals surface area contributed by atoms with Crippen LogP contribution in [0.4, 0.5) is 5.69 Å². The molecule has 21 heavy (non-hydrogen) atoms. The molecule has 0 aliphatic heterocycles. The Kier molecular flexibility index (Phi) is 5.64. The summed E-state index contributed by atoms with van der Waals surface area (Å²) in [4.78, 5) is 12.4. The lowest BCUT2D eigenvalue weighted by atomic mass is 10.2. The first-order valence-electron chi connectivity index (χ1n) is 6.53. The minimum absolute atomic E-state index is 0.0198. The van der Waals surface area contributed by atoms with Crippen molar-refractivity contribution in [2.75, 3.05) is 19.0 Å². The molecular weight excluding hydrogens is 352 g/mol. The number of hydrogen-bond donors (Lipinski definition) is 2. The van der Waals surface area contributed by atoms with Crippen LogP contribution in [0.2, 0.25) is 0 Å². The fourth-order valence-electron chi connectivity index (χ4n) is 1.83. The smallest absolute Gasteiger partial charge is 0.257 e. The van der Waals surface area contributed by atoms with Crippen LogP contribution in [-0.2, 0) is 4.79 Å². The number of halogens is 1. The predicted octanol–water partition coefficient (Wildman–Crippen LogP) is 3.81. The number of thiophene rings is 1. The quantitative estimate of drug-likeness (QED) is 0.814. The number of benzene rings is 1.